The molecule has 1 heterocycles. The number of aryl methyl sites for hydroxylation is 1. The molecule has 0 aliphatic carbocycles. The van der Waals surface area contributed by atoms with Crippen LogP contribution >= 0.6 is 0 Å². The van der Waals surface area contributed by atoms with E-state index < -0.39 is 0 Å². The molecule has 1 aromatic heterocycles. The summed E-state index contributed by atoms with van der Waals surface area (Å²) in [6.07, 6.45) is 1.60. The normalized spacial score (nSPS) is 11.6. The number of nitrogens with one attached hydrogen (secondary N) is 1. The predicted molar refractivity (Wildman–Crippen MR) is 73.7 cm³/mol. The molecule has 18 heavy (non-hydrogen) atoms. The summed E-state index contributed by atoms with van der Waals surface area (Å²) in [4.78, 5) is 18.6. The minimum Gasteiger partial charge on any atom is -0.306 e. The third kappa shape index (κ3) is 2.50. The van der Waals surface area contributed by atoms with E-state index in [0.29, 0.717) is 11.4 Å². The summed E-state index contributed by atoms with van der Waals surface area (Å²) in [5.41, 5.74) is 2.87. The highest BCUT2D eigenvalue weighted by Crippen LogP contribution is 2.24. The average Bonchev–Trinajstić information content (AvgIpc) is 2.32. The molecule has 0 amide bonds. The van der Waals surface area contributed by atoms with E-state index in [1.54, 1.807) is 13.1 Å². The summed E-state index contributed by atoms with van der Waals surface area (Å²) in [6.45, 7) is 8.27. The smallest absolute Gasteiger partial charge is 0.254 e. The molecule has 0 saturated heterocycles. The van der Waals surface area contributed by atoms with Gasteiger partial charge in [-0.2, -0.15) is 0 Å². The van der Waals surface area contributed by atoms with Crippen LogP contribution in [0.1, 0.15) is 31.9 Å². The van der Waals surface area contributed by atoms with Gasteiger partial charge in [0.25, 0.3) is 5.56 Å². The van der Waals surface area contributed by atoms with Crippen molar-refractivity contribution in [2.75, 3.05) is 0 Å². The lowest BCUT2D eigenvalue weighted by Gasteiger charge is -2.19. The Labute approximate surface area is 107 Å². The van der Waals surface area contributed by atoms with E-state index in [0.717, 1.165) is 5.56 Å². The molecule has 0 atom stereocenters. The molecular weight excluding hydrogens is 224 g/mol. The number of nitrogens with zero attached hydrogens (tertiary/aromatic N) is 1. The highest BCUT2D eigenvalue weighted by molar-refractivity contribution is 5.55. The number of benzene rings is 1. The fraction of sp³-hybridized carbons (Fsp3) is 0.333. The number of H-pyrrole nitrogens is 1. The quantitative estimate of drug-likeness (QED) is 0.835. The molecule has 2 rings (SSSR count). The van der Waals surface area contributed by atoms with Crippen molar-refractivity contribution in [3.8, 4) is 11.4 Å². The molecule has 0 fully saturated rings. The van der Waals surface area contributed by atoms with Crippen LogP contribution in [-0.2, 0) is 5.41 Å². The molecule has 0 aliphatic heterocycles. The van der Waals surface area contributed by atoms with Gasteiger partial charge in [0.2, 0.25) is 0 Å². The Morgan fingerprint density at radius 3 is 2.22 bits per heavy atom. The average molecular weight is 242 g/mol. The Balaban J connectivity index is 2.40. The third-order valence-corrected chi connectivity index (χ3v) is 3.00. The first-order valence-corrected chi connectivity index (χ1v) is 6.05. The fourth-order valence-electron chi connectivity index (χ4n) is 1.73. The Bertz CT molecular complexity index is 604. The van der Waals surface area contributed by atoms with Gasteiger partial charge in [0.15, 0.2) is 0 Å². The summed E-state index contributed by atoms with van der Waals surface area (Å²) in [5.74, 6) is 0.617. The number of rotatable bonds is 1. The van der Waals surface area contributed by atoms with E-state index >= 15 is 0 Å². The summed E-state index contributed by atoms with van der Waals surface area (Å²) in [5, 5.41) is 0. The molecule has 3 nitrogen and oxygen atoms in total. The minimum atomic E-state index is -0.0834. The van der Waals surface area contributed by atoms with Crippen LogP contribution in [0.15, 0.2) is 35.3 Å². The second kappa shape index (κ2) is 4.41. The van der Waals surface area contributed by atoms with Crippen LogP contribution < -0.4 is 5.56 Å². The molecule has 0 bridgehead atoms. The first-order valence-electron chi connectivity index (χ1n) is 6.05. The van der Waals surface area contributed by atoms with E-state index in [4.69, 9.17) is 0 Å². The lowest BCUT2D eigenvalue weighted by Crippen LogP contribution is -2.12. The molecule has 0 radical (unpaired) electrons. The lowest BCUT2D eigenvalue weighted by molar-refractivity contribution is 0.590. The van der Waals surface area contributed by atoms with E-state index in [1.807, 2.05) is 12.1 Å². The first-order chi connectivity index (χ1) is 8.38. The SMILES string of the molecule is Cc1cnc(-c2ccc(C(C)(C)C)cc2)[nH]c1=O. The summed E-state index contributed by atoms with van der Waals surface area (Å²) in [6, 6.07) is 8.15. The van der Waals surface area contributed by atoms with E-state index in [1.165, 1.54) is 5.56 Å². The number of hydrogen-bond acceptors (Lipinski definition) is 2. The van der Waals surface area contributed by atoms with E-state index in [-0.39, 0.29) is 11.0 Å². The van der Waals surface area contributed by atoms with Crippen LogP contribution in [0.5, 0.6) is 0 Å². The van der Waals surface area contributed by atoms with Gasteiger partial charge in [-0.05, 0) is 17.9 Å². The molecule has 3 heteroatoms. The maximum atomic E-state index is 11.5. The van der Waals surface area contributed by atoms with Gasteiger partial charge in [0, 0.05) is 17.3 Å². The molecule has 1 N–H and O–H groups in total. The van der Waals surface area contributed by atoms with Crippen molar-refractivity contribution in [1.82, 2.24) is 9.97 Å². The van der Waals surface area contributed by atoms with Crippen molar-refractivity contribution in [2.45, 2.75) is 33.1 Å². The number of aromatic amines is 1. The van der Waals surface area contributed by atoms with Gasteiger partial charge in [-0.25, -0.2) is 4.98 Å². The van der Waals surface area contributed by atoms with Gasteiger partial charge in [-0.3, -0.25) is 4.79 Å². The van der Waals surface area contributed by atoms with Crippen LogP contribution in [-0.4, -0.2) is 9.97 Å². The zero-order valence-electron chi connectivity index (χ0n) is 11.2. The second-order valence-electron chi connectivity index (χ2n) is 5.57. The van der Waals surface area contributed by atoms with Crippen LogP contribution in [0.3, 0.4) is 0 Å². The maximum absolute atomic E-state index is 11.5. The molecule has 0 saturated carbocycles. The molecule has 0 spiro atoms. The summed E-state index contributed by atoms with van der Waals surface area (Å²) in [7, 11) is 0. The third-order valence-electron chi connectivity index (χ3n) is 3.00. The summed E-state index contributed by atoms with van der Waals surface area (Å²) < 4.78 is 0. The van der Waals surface area contributed by atoms with Crippen molar-refractivity contribution < 1.29 is 0 Å². The van der Waals surface area contributed by atoms with Gasteiger partial charge in [-0.1, -0.05) is 45.0 Å². The van der Waals surface area contributed by atoms with Gasteiger partial charge in [-0.15, -0.1) is 0 Å². The molecule has 0 aliphatic rings. The molecular formula is C15H18N2O. The van der Waals surface area contributed by atoms with Crippen molar-refractivity contribution in [3.63, 3.8) is 0 Å². The standard InChI is InChI=1S/C15H18N2O/c1-10-9-16-13(17-14(10)18)11-5-7-12(8-6-11)15(2,3)4/h5-9H,1-4H3,(H,16,17,18). The van der Waals surface area contributed by atoms with Crippen molar-refractivity contribution in [3.05, 3.63) is 51.9 Å². The van der Waals surface area contributed by atoms with E-state index in [2.05, 4.69) is 42.9 Å². The molecule has 0 unspecified atom stereocenters. The zero-order valence-corrected chi connectivity index (χ0v) is 11.2. The first kappa shape index (κ1) is 12.6. The van der Waals surface area contributed by atoms with Gasteiger partial charge >= 0.3 is 0 Å². The largest absolute Gasteiger partial charge is 0.306 e. The van der Waals surface area contributed by atoms with Crippen LogP contribution in [0, 0.1) is 6.92 Å². The molecule has 2 aromatic rings. The topological polar surface area (TPSA) is 45.8 Å². The van der Waals surface area contributed by atoms with Crippen LogP contribution in [0.2, 0.25) is 0 Å². The highest BCUT2D eigenvalue weighted by atomic mass is 16.1. The minimum absolute atomic E-state index is 0.0834. The Morgan fingerprint density at radius 1 is 1.11 bits per heavy atom. The fourth-order valence-corrected chi connectivity index (χ4v) is 1.73. The highest BCUT2D eigenvalue weighted by Gasteiger charge is 2.13. The summed E-state index contributed by atoms with van der Waals surface area (Å²) >= 11 is 0. The van der Waals surface area contributed by atoms with Crippen LogP contribution in [0.4, 0.5) is 0 Å². The molecule has 94 valence electrons. The van der Waals surface area contributed by atoms with E-state index in [9.17, 15) is 4.79 Å². The van der Waals surface area contributed by atoms with Crippen LogP contribution in [0.25, 0.3) is 11.4 Å². The van der Waals surface area contributed by atoms with Gasteiger partial charge in [0.1, 0.15) is 5.82 Å². The number of hydrogen-bond donors (Lipinski definition) is 1. The van der Waals surface area contributed by atoms with Crippen molar-refractivity contribution in [1.29, 1.82) is 0 Å². The second-order valence-corrected chi connectivity index (χ2v) is 5.57. The van der Waals surface area contributed by atoms with Crippen molar-refractivity contribution in [2.24, 2.45) is 0 Å². The van der Waals surface area contributed by atoms with Crippen molar-refractivity contribution >= 4 is 0 Å². The Kier molecular flexibility index (Phi) is 3.07. The number of aromatic nitrogens is 2. The zero-order chi connectivity index (χ0) is 13.3. The van der Waals surface area contributed by atoms with Gasteiger partial charge in [0.05, 0.1) is 0 Å². The lowest BCUT2D eigenvalue weighted by atomic mass is 9.87. The van der Waals surface area contributed by atoms with Gasteiger partial charge < -0.3 is 4.98 Å². The monoisotopic (exact) mass is 242 g/mol. The Morgan fingerprint density at radius 2 is 1.72 bits per heavy atom. The predicted octanol–water partition coefficient (Wildman–Crippen LogP) is 3.04. The Hall–Kier alpha value is -1.90. The molecule has 1 aromatic carbocycles. The maximum Gasteiger partial charge on any atom is 0.254 e.